The maximum Gasteiger partial charge on any atom is 0.0248 e. The molecule has 0 amide bonds. The van der Waals surface area contributed by atoms with E-state index in [1.807, 2.05) is 60.7 Å². The Morgan fingerprint density at radius 1 is 0.667 bits per heavy atom. The van der Waals surface area contributed by atoms with Crippen LogP contribution in [0.25, 0.3) is 11.6 Å². The Hall–Kier alpha value is -3.30. The summed E-state index contributed by atoms with van der Waals surface area (Å²) >= 11 is 0. The van der Waals surface area contributed by atoms with Crippen LogP contribution in [0.2, 0.25) is 0 Å². The van der Waals surface area contributed by atoms with Crippen molar-refractivity contribution in [3.63, 3.8) is 0 Å². The number of benzene rings is 3. The highest BCUT2D eigenvalue weighted by atomic mass is 14.0. The van der Waals surface area contributed by atoms with Crippen LogP contribution in [0.3, 0.4) is 0 Å². The van der Waals surface area contributed by atoms with Crippen molar-refractivity contribution in [2.75, 3.05) is 0 Å². The van der Waals surface area contributed by atoms with E-state index < -0.39 is 0 Å². The van der Waals surface area contributed by atoms with Crippen LogP contribution in [-0.2, 0) is 0 Å². The molecule has 0 radical (unpaired) electrons. The van der Waals surface area contributed by atoms with Gasteiger partial charge < -0.3 is 0 Å². The highest BCUT2D eigenvalue weighted by Crippen LogP contribution is 2.19. The van der Waals surface area contributed by atoms with Crippen LogP contribution >= 0.6 is 0 Å². The topological polar surface area (TPSA) is 0 Å². The zero-order valence-electron chi connectivity index (χ0n) is 13.4. The highest BCUT2D eigenvalue weighted by Gasteiger charge is 1.97. The average molecular weight is 306 g/mol. The summed E-state index contributed by atoms with van der Waals surface area (Å²) in [5.41, 5.74) is 4.52. The molecule has 0 nitrogen and oxygen atoms in total. The van der Waals surface area contributed by atoms with Crippen molar-refractivity contribution in [2.45, 2.75) is 0 Å². The molecule has 0 fully saturated rings. The van der Waals surface area contributed by atoms with Crippen molar-refractivity contribution in [1.29, 1.82) is 0 Å². The van der Waals surface area contributed by atoms with Gasteiger partial charge in [0.25, 0.3) is 0 Å². The van der Waals surface area contributed by atoms with Gasteiger partial charge in [0, 0.05) is 5.56 Å². The fourth-order valence-corrected chi connectivity index (χ4v) is 2.37. The van der Waals surface area contributed by atoms with Crippen molar-refractivity contribution in [1.82, 2.24) is 0 Å². The molecule has 0 spiro atoms. The molecule has 0 heterocycles. The van der Waals surface area contributed by atoms with Gasteiger partial charge in [-0.05, 0) is 47.1 Å². The minimum absolute atomic E-state index is 1.02. The quantitative estimate of drug-likeness (QED) is 0.324. The van der Waals surface area contributed by atoms with Gasteiger partial charge in [0.2, 0.25) is 0 Å². The van der Waals surface area contributed by atoms with Crippen molar-refractivity contribution in [3.8, 4) is 11.8 Å². The van der Waals surface area contributed by atoms with E-state index in [-0.39, 0.29) is 0 Å². The number of allylic oxidation sites excluding steroid dienone is 3. The molecule has 0 heteroatoms. The SMILES string of the molecule is C(#Cc1ccccc1)/C=C/C(=C/c1ccccc1)c1ccccc1. The molecule has 0 unspecified atom stereocenters. The molecule has 0 saturated carbocycles. The van der Waals surface area contributed by atoms with E-state index in [2.05, 4.69) is 60.4 Å². The van der Waals surface area contributed by atoms with Gasteiger partial charge >= 0.3 is 0 Å². The van der Waals surface area contributed by atoms with Crippen LogP contribution in [0, 0.1) is 11.8 Å². The average Bonchev–Trinajstić information content (AvgIpc) is 2.66. The molecule has 0 aromatic heterocycles. The van der Waals surface area contributed by atoms with Crippen molar-refractivity contribution in [3.05, 3.63) is 120 Å². The summed E-state index contributed by atoms with van der Waals surface area (Å²) in [6.45, 7) is 0. The molecular weight excluding hydrogens is 288 g/mol. The fraction of sp³-hybridized carbons (Fsp3) is 0. The van der Waals surface area contributed by atoms with E-state index in [0.29, 0.717) is 0 Å². The second-order valence-electron chi connectivity index (χ2n) is 5.35. The normalized spacial score (nSPS) is 11.1. The molecular formula is C24H18. The maximum absolute atomic E-state index is 3.15. The number of hydrogen-bond donors (Lipinski definition) is 0. The standard InChI is InChI=1S/C24H18/c1-4-12-21(13-5-1)14-10-11-19-24(23-17-8-3-9-18-23)20-22-15-6-2-7-16-22/h1-9,11-13,15-20H/b19-11+,24-20-. The zero-order valence-corrected chi connectivity index (χ0v) is 13.4. The highest BCUT2D eigenvalue weighted by molar-refractivity contribution is 5.87. The van der Waals surface area contributed by atoms with Crippen LogP contribution in [-0.4, -0.2) is 0 Å². The van der Waals surface area contributed by atoms with E-state index >= 15 is 0 Å². The van der Waals surface area contributed by atoms with Crippen LogP contribution in [0.4, 0.5) is 0 Å². The van der Waals surface area contributed by atoms with Crippen LogP contribution in [0.5, 0.6) is 0 Å². The van der Waals surface area contributed by atoms with Gasteiger partial charge in [-0.15, -0.1) is 0 Å². The number of hydrogen-bond acceptors (Lipinski definition) is 0. The molecule has 0 N–H and O–H groups in total. The molecule has 0 aliphatic carbocycles. The third-order valence-corrected chi connectivity index (χ3v) is 3.57. The van der Waals surface area contributed by atoms with Crippen LogP contribution < -0.4 is 0 Å². The molecule has 114 valence electrons. The lowest BCUT2D eigenvalue weighted by Crippen LogP contribution is -1.81. The Morgan fingerprint density at radius 2 is 1.25 bits per heavy atom. The van der Waals surface area contributed by atoms with Gasteiger partial charge in [0.1, 0.15) is 0 Å². The van der Waals surface area contributed by atoms with E-state index in [9.17, 15) is 0 Å². The Balaban J connectivity index is 1.87. The summed E-state index contributed by atoms with van der Waals surface area (Å²) in [5.74, 6) is 6.27. The summed E-state index contributed by atoms with van der Waals surface area (Å²) in [5, 5.41) is 0. The van der Waals surface area contributed by atoms with E-state index in [1.54, 1.807) is 0 Å². The van der Waals surface area contributed by atoms with Gasteiger partial charge in [-0.1, -0.05) is 90.7 Å². The number of rotatable bonds is 3. The summed E-state index contributed by atoms with van der Waals surface area (Å²) in [6, 6.07) is 30.7. The summed E-state index contributed by atoms with van der Waals surface area (Å²) in [6.07, 6.45) is 6.16. The molecule has 3 aromatic rings. The van der Waals surface area contributed by atoms with E-state index in [0.717, 1.165) is 11.1 Å². The lowest BCUT2D eigenvalue weighted by Gasteiger charge is -2.02. The minimum Gasteiger partial charge on any atom is -0.0696 e. The summed E-state index contributed by atoms with van der Waals surface area (Å²) in [7, 11) is 0. The molecule has 0 aliphatic heterocycles. The van der Waals surface area contributed by atoms with Crippen molar-refractivity contribution in [2.24, 2.45) is 0 Å². The van der Waals surface area contributed by atoms with Crippen molar-refractivity contribution >= 4 is 11.6 Å². The molecule has 0 bridgehead atoms. The Bertz CT molecular complexity index is 874. The predicted molar refractivity (Wildman–Crippen MR) is 103 cm³/mol. The first-order chi connectivity index (χ1) is 11.9. The molecule has 0 atom stereocenters. The predicted octanol–water partition coefficient (Wildman–Crippen LogP) is 5.84. The monoisotopic (exact) mass is 306 g/mol. The van der Waals surface area contributed by atoms with Crippen molar-refractivity contribution < 1.29 is 0 Å². The largest absolute Gasteiger partial charge is 0.0696 e. The van der Waals surface area contributed by atoms with Gasteiger partial charge in [-0.25, -0.2) is 0 Å². The van der Waals surface area contributed by atoms with Gasteiger partial charge in [-0.2, -0.15) is 0 Å². The molecule has 0 saturated heterocycles. The third kappa shape index (κ3) is 4.60. The van der Waals surface area contributed by atoms with Crippen LogP contribution in [0.15, 0.2) is 103 Å². The summed E-state index contributed by atoms with van der Waals surface area (Å²) < 4.78 is 0. The molecule has 3 rings (SSSR count). The third-order valence-electron chi connectivity index (χ3n) is 3.57. The minimum atomic E-state index is 1.02. The first-order valence-electron chi connectivity index (χ1n) is 7.97. The van der Waals surface area contributed by atoms with Gasteiger partial charge in [-0.3, -0.25) is 0 Å². The Kier molecular flexibility index (Phi) is 5.43. The zero-order chi connectivity index (χ0) is 16.5. The maximum atomic E-state index is 3.15. The van der Waals surface area contributed by atoms with Gasteiger partial charge in [0.05, 0.1) is 0 Å². The van der Waals surface area contributed by atoms with E-state index in [4.69, 9.17) is 0 Å². The fourth-order valence-electron chi connectivity index (χ4n) is 2.37. The van der Waals surface area contributed by atoms with E-state index in [1.165, 1.54) is 11.1 Å². The Labute approximate surface area is 143 Å². The van der Waals surface area contributed by atoms with Gasteiger partial charge in [0.15, 0.2) is 0 Å². The lowest BCUT2D eigenvalue weighted by atomic mass is 10.0. The lowest BCUT2D eigenvalue weighted by molar-refractivity contribution is 1.61. The summed E-state index contributed by atoms with van der Waals surface area (Å²) in [4.78, 5) is 0. The molecule has 3 aromatic carbocycles. The van der Waals surface area contributed by atoms with Crippen LogP contribution in [0.1, 0.15) is 16.7 Å². The first-order valence-corrected chi connectivity index (χ1v) is 7.97. The Morgan fingerprint density at radius 3 is 1.92 bits per heavy atom. The second-order valence-corrected chi connectivity index (χ2v) is 5.35. The molecule has 24 heavy (non-hydrogen) atoms. The first kappa shape index (κ1) is 15.6. The molecule has 0 aliphatic rings. The smallest absolute Gasteiger partial charge is 0.0248 e. The second kappa shape index (κ2) is 8.36.